The highest BCUT2D eigenvalue weighted by Crippen LogP contribution is 2.40. The van der Waals surface area contributed by atoms with Crippen LogP contribution in [0.1, 0.15) is 30.6 Å². The van der Waals surface area contributed by atoms with Crippen molar-refractivity contribution in [3.8, 4) is 11.5 Å². The Balaban J connectivity index is 1.65. The number of hydrogen-bond donors (Lipinski definition) is 4. The Morgan fingerprint density at radius 1 is 1.12 bits per heavy atom. The number of benzene rings is 2. The summed E-state index contributed by atoms with van der Waals surface area (Å²) in [6.07, 6.45) is 2.54. The van der Waals surface area contributed by atoms with Crippen molar-refractivity contribution in [2.75, 3.05) is 12.8 Å². The molecule has 2 unspecified atom stereocenters. The monoisotopic (exact) mass is 481 g/mol. The van der Waals surface area contributed by atoms with Crippen LogP contribution in [0.5, 0.6) is 11.5 Å². The molecule has 0 saturated carbocycles. The quantitative estimate of drug-likeness (QED) is 0.298. The minimum absolute atomic E-state index is 0.0149. The molecule has 0 spiro atoms. The van der Waals surface area contributed by atoms with Crippen molar-refractivity contribution >= 4 is 35.3 Å². The Kier molecular flexibility index (Phi) is 7.55. The van der Waals surface area contributed by atoms with Crippen molar-refractivity contribution in [3.63, 3.8) is 0 Å². The lowest BCUT2D eigenvalue weighted by atomic mass is 10.0. The van der Waals surface area contributed by atoms with Crippen molar-refractivity contribution in [3.05, 3.63) is 52.5 Å². The van der Waals surface area contributed by atoms with Gasteiger partial charge in [0.05, 0.1) is 11.1 Å². The lowest BCUT2D eigenvalue weighted by Gasteiger charge is -2.20. The van der Waals surface area contributed by atoms with Crippen molar-refractivity contribution in [1.82, 2.24) is 5.32 Å². The van der Waals surface area contributed by atoms with Crippen LogP contribution in [0, 0.1) is 0 Å². The van der Waals surface area contributed by atoms with E-state index in [-0.39, 0.29) is 17.5 Å². The molecular formula is C22H24ClNO7S. The molecule has 2 aromatic carbocycles. The molecule has 1 heterocycles. The van der Waals surface area contributed by atoms with Gasteiger partial charge in [-0.05, 0) is 54.5 Å². The Morgan fingerprint density at radius 2 is 1.81 bits per heavy atom. The summed E-state index contributed by atoms with van der Waals surface area (Å²) in [6.45, 7) is 2.34. The second-order valence-corrected chi connectivity index (χ2v) is 8.59. The van der Waals surface area contributed by atoms with Crippen LogP contribution in [0.15, 0.2) is 41.3 Å². The minimum atomic E-state index is -2.78. The highest BCUT2D eigenvalue weighted by Gasteiger charge is 2.57. The number of aliphatic hydroxyl groups is 1. The topological polar surface area (TPSA) is 125 Å². The first-order chi connectivity index (χ1) is 15.2. The van der Waals surface area contributed by atoms with Crippen molar-refractivity contribution in [2.45, 2.75) is 42.6 Å². The molecule has 172 valence electrons. The molecule has 0 saturated heterocycles. The number of nitrogens with one attached hydrogen (secondary N) is 1. The molecule has 0 radical (unpaired) electrons. The zero-order valence-electron chi connectivity index (χ0n) is 17.5. The highest BCUT2D eigenvalue weighted by molar-refractivity contribution is 7.98. The number of carboxylic acids is 2. The maximum absolute atomic E-state index is 11.4. The van der Waals surface area contributed by atoms with Crippen LogP contribution in [0.4, 0.5) is 0 Å². The number of halogens is 1. The number of rotatable bonds is 10. The predicted molar refractivity (Wildman–Crippen MR) is 120 cm³/mol. The zero-order chi connectivity index (χ0) is 23.5. The second kappa shape index (κ2) is 9.99. The zero-order valence-corrected chi connectivity index (χ0v) is 19.1. The van der Waals surface area contributed by atoms with E-state index < -0.39 is 23.8 Å². The molecule has 0 aliphatic carbocycles. The molecule has 2 aromatic rings. The number of ether oxygens (including phenoxy) is 2. The van der Waals surface area contributed by atoms with Crippen LogP contribution < -0.4 is 14.8 Å². The maximum Gasteiger partial charge on any atom is 0.453 e. The Labute approximate surface area is 194 Å². The summed E-state index contributed by atoms with van der Waals surface area (Å²) in [5, 5.41) is 33.1. The molecule has 8 nitrogen and oxygen atoms in total. The summed E-state index contributed by atoms with van der Waals surface area (Å²) in [7, 11) is 0. The molecule has 4 N–H and O–H groups in total. The van der Waals surface area contributed by atoms with Gasteiger partial charge in [-0.25, -0.2) is 9.59 Å². The first-order valence-electron chi connectivity index (χ1n) is 9.92. The Morgan fingerprint density at radius 3 is 2.44 bits per heavy atom. The van der Waals surface area contributed by atoms with E-state index in [4.69, 9.17) is 21.1 Å². The van der Waals surface area contributed by atoms with Crippen LogP contribution in [-0.4, -0.2) is 51.9 Å². The van der Waals surface area contributed by atoms with Gasteiger partial charge in [0.2, 0.25) is 0 Å². The van der Waals surface area contributed by atoms with Gasteiger partial charge in [0.1, 0.15) is 0 Å². The summed E-state index contributed by atoms with van der Waals surface area (Å²) >= 11 is 7.64. The first kappa shape index (κ1) is 24.2. The van der Waals surface area contributed by atoms with E-state index in [1.165, 1.54) is 17.8 Å². The van der Waals surface area contributed by atoms with Gasteiger partial charge in [0.15, 0.2) is 11.5 Å². The standard InChI is InChI=1S/C22H24ClNO7S/c1-3-14(24-11-16(25)13-5-6-15(23)19(10-13)32-2)8-12-4-7-17-18(9-12)31-22(30-17,20(26)27)21(28)29/h4-7,9-10,14,16,24-25H,3,8,11H2,1-2H3,(H,26,27)(H,28,29). The van der Waals surface area contributed by atoms with Crippen LogP contribution in [-0.2, 0) is 16.0 Å². The van der Waals surface area contributed by atoms with Gasteiger partial charge in [-0.1, -0.05) is 30.7 Å². The number of thioether (sulfide) groups is 1. The number of carboxylic acid groups (broad SMARTS) is 2. The van der Waals surface area contributed by atoms with Crippen molar-refractivity contribution in [2.24, 2.45) is 0 Å². The molecule has 3 rings (SSSR count). The third kappa shape index (κ3) is 4.96. The third-order valence-electron chi connectivity index (χ3n) is 5.21. The van der Waals surface area contributed by atoms with Gasteiger partial charge in [-0.3, -0.25) is 0 Å². The largest absolute Gasteiger partial charge is 0.475 e. The molecule has 1 aliphatic rings. The summed E-state index contributed by atoms with van der Waals surface area (Å²) in [5.74, 6) is -6.13. The van der Waals surface area contributed by atoms with E-state index in [1.807, 2.05) is 19.2 Å². The summed E-state index contributed by atoms with van der Waals surface area (Å²) < 4.78 is 10.2. The lowest BCUT2D eigenvalue weighted by Crippen LogP contribution is -2.54. The Bertz CT molecular complexity index is 1000. The first-order valence-corrected chi connectivity index (χ1v) is 11.5. The fraction of sp³-hybridized carbons (Fsp3) is 0.364. The number of fused-ring (bicyclic) bond motifs is 1. The number of aliphatic hydroxyl groups excluding tert-OH is 1. The van der Waals surface area contributed by atoms with Crippen LogP contribution in [0.3, 0.4) is 0 Å². The predicted octanol–water partition coefficient (Wildman–Crippen LogP) is 3.34. The fourth-order valence-corrected chi connectivity index (χ4v) is 4.23. The van der Waals surface area contributed by atoms with Gasteiger partial charge in [0.25, 0.3) is 0 Å². The summed E-state index contributed by atoms with van der Waals surface area (Å²) in [6, 6.07) is 10.3. The van der Waals surface area contributed by atoms with Gasteiger partial charge in [-0.15, -0.1) is 11.8 Å². The van der Waals surface area contributed by atoms with Gasteiger partial charge >= 0.3 is 17.7 Å². The molecule has 0 bridgehead atoms. The Hall–Kier alpha value is -2.46. The van der Waals surface area contributed by atoms with E-state index >= 15 is 0 Å². The van der Waals surface area contributed by atoms with Gasteiger partial charge in [-0.2, -0.15) is 0 Å². The van der Waals surface area contributed by atoms with Crippen molar-refractivity contribution < 1.29 is 34.4 Å². The maximum atomic E-state index is 11.4. The average molecular weight is 482 g/mol. The smallest absolute Gasteiger partial charge is 0.453 e. The van der Waals surface area contributed by atoms with Crippen LogP contribution >= 0.6 is 23.4 Å². The second-order valence-electron chi connectivity index (χ2n) is 7.34. The van der Waals surface area contributed by atoms with Crippen molar-refractivity contribution in [1.29, 1.82) is 0 Å². The van der Waals surface area contributed by atoms with Gasteiger partial charge in [0, 0.05) is 17.5 Å². The minimum Gasteiger partial charge on any atom is -0.475 e. The molecule has 1 aliphatic heterocycles. The molecule has 10 heteroatoms. The molecule has 0 amide bonds. The average Bonchev–Trinajstić information content (AvgIpc) is 3.17. The summed E-state index contributed by atoms with van der Waals surface area (Å²) in [5.41, 5.74) is 1.58. The fourth-order valence-electron chi connectivity index (χ4n) is 3.37. The van der Waals surface area contributed by atoms with Gasteiger partial charge < -0.3 is 30.1 Å². The number of aliphatic carboxylic acids is 2. The van der Waals surface area contributed by atoms with Crippen LogP contribution in [0.25, 0.3) is 0 Å². The molecule has 0 aromatic heterocycles. The van der Waals surface area contributed by atoms with E-state index in [9.17, 15) is 24.9 Å². The number of carbonyl (C=O) groups is 2. The number of hydrogen-bond acceptors (Lipinski definition) is 7. The lowest BCUT2D eigenvalue weighted by molar-refractivity contribution is -0.194. The SMILES string of the molecule is CCC(Cc1ccc2c(c1)OC(C(=O)O)(C(=O)O)O2)NCC(O)c1ccc(Cl)c(SC)c1. The molecular weight excluding hydrogens is 458 g/mol. The third-order valence-corrected chi connectivity index (χ3v) is 6.43. The summed E-state index contributed by atoms with van der Waals surface area (Å²) in [4.78, 5) is 23.7. The van der Waals surface area contributed by atoms with E-state index in [1.54, 1.807) is 24.3 Å². The molecule has 32 heavy (non-hydrogen) atoms. The van der Waals surface area contributed by atoms with E-state index in [0.29, 0.717) is 18.0 Å². The van der Waals surface area contributed by atoms with E-state index in [0.717, 1.165) is 22.4 Å². The van der Waals surface area contributed by atoms with E-state index in [2.05, 4.69) is 5.32 Å². The normalized spacial score (nSPS) is 15.9. The molecule has 2 atom stereocenters. The highest BCUT2D eigenvalue weighted by atomic mass is 35.5. The van der Waals surface area contributed by atoms with Crippen LogP contribution in [0.2, 0.25) is 5.02 Å². The molecule has 0 fully saturated rings.